The van der Waals surface area contributed by atoms with Crippen molar-refractivity contribution in [3.8, 4) is 0 Å². The van der Waals surface area contributed by atoms with E-state index >= 15 is 0 Å². The SMILES string of the molecule is CCC1=C(F)CCC(c2c(C)ccc(C(F)(F)F)c2C)=C1. The molecule has 1 aliphatic carbocycles. The lowest BCUT2D eigenvalue weighted by molar-refractivity contribution is -0.138. The van der Waals surface area contributed by atoms with Gasteiger partial charge in [-0.2, -0.15) is 13.2 Å². The summed E-state index contributed by atoms with van der Waals surface area (Å²) in [6, 6.07) is 2.61. The molecular weight excluding hydrogens is 280 g/mol. The number of halogens is 4. The monoisotopic (exact) mass is 298 g/mol. The zero-order valence-corrected chi connectivity index (χ0v) is 12.4. The highest BCUT2D eigenvalue weighted by Gasteiger charge is 2.33. The first-order chi connectivity index (χ1) is 9.75. The molecule has 0 spiro atoms. The smallest absolute Gasteiger partial charge is 0.212 e. The highest BCUT2D eigenvalue weighted by Crippen LogP contribution is 2.40. The van der Waals surface area contributed by atoms with Crippen LogP contribution in [-0.4, -0.2) is 0 Å². The molecule has 114 valence electrons. The Morgan fingerprint density at radius 2 is 1.76 bits per heavy atom. The van der Waals surface area contributed by atoms with Gasteiger partial charge in [-0.1, -0.05) is 19.1 Å². The molecule has 0 aliphatic heterocycles. The maximum absolute atomic E-state index is 13.7. The van der Waals surface area contributed by atoms with Gasteiger partial charge in [-0.25, -0.2) is 4.39 Å². The van der Waals surface area contributed by atoms with E-state index in [4.69, 9.17) is 0 Å². The van der Waals surface area contributed by atoms with Crippen LogP contribution in [0.15, 0.2) is 29.6 Å². The number of rotatable bonds is 2. The zero-order valence-electron chi connectivity index (χ0n) is 12.4. The highest BCUT2D eigenvalue weighted by atomic mass is 19.4. The van der Waals surface area contributed by atoms with Crippen molar-refractivity contribution in [1.29, 1.82) is 0 Å². The van der Waals surface area contributed by atoms with Crippen molar-refractivity contribution in [3.63, 3.8) is 0 Å². The van der Waals surface area contributed by atoms with Crippen molar-refractivity contribution in [2.24, 2.45) is 0 Å². The molecule has 0 nitrogen and oxygen atoms in total. The van der Waals surface area contributed by atoms with Gasteiger partial charge in [-0.3, -0.25) is 0 Å². The van der Waals surface area contributed by atoms with Crippen LogP contribution in [0.3, 0.4) is 0 Å². The summed E-state index contributed by atoms with van der Waals surface area (Å²) in [6.45, 7) is 5.14. The normalized spacial score (nSPS) is 16.2. The third-order valence-corrected chi connectivity index (χ3v) is 3.99. The molecule has 2 rings (SSSR count). The molecule has 0 atom stereocenters. The summed E-state index contributed by atoms with van der Waals surface area (Å²) in [6.07, 6.45) is -1.39. The minimum atomic E-state index is -4.36. The summed E-state index contributed by atoms with van der Waals surface area (Å²) in [7, 11) is 0. The van der Waals surface area contributed by atoms with Crippen LogP contribution in [0.25, 0.3) is 5.57 Å². The predicted octanol–water partition coefficient (Wildman–Crippen LogP) is 6.13. The van der Waals surface area contributed by atoms with Crippen molar-refractivity contribution in [2.75, 3.05) is 0 Å². The van der Waals surface area contributed by atoms with E-state index in [2.05, 4.69) is 0 Å². The second kappa shape index (κ2) is 5.66. The molecule has 1 aromatic carbocycles. The van der Waals surface area contributed by atoms with E-state index in [0.717, 1.165) is 17.2 Å². The van der Waals surface area contributed by atoms with Crippen LogP contribution >= 0.6 is 0 Å². The minimum Gasteiger partial charge on any atom is -0.212 e. The Labute approximate surface area is 122 Å². The van der Waals surface area contributed by atoms with Crippen LogP contribution < -0.4 is 0 Å². The van der Waals surface area contributed by atoms with Crippen molar-refractivity contribution in [1.82, 2.24) is 0 Å². The van der Waals surface area contributed by atoms with Gasteiger partial charge in [0.15, 0.2) is 0 Å². The molecule has 0 amide bonds. The lowest BCUT2D eigenvalue weighted by atomic mass is 9.85. The topological polar surface area (TPSA) is 0 Å². The fourth-order valence-electron chi connectivity index (χ4n) is 2.91. The van der Waals surface area contributed by atoms with E-state index in [9.17, 15) is 17.6 Å². The van der Waals surface area contributed by atoms with E-state index in [1.54, 1.807) is 13.0 Å². The van der Waals surface area contributed by atoms with E-state index in [1.165, 1.54) is 13.0 Å². The number of aryl methyl sites for hydroxylation is 1. The number of alkyl halides is 3. The summed E-state index contributed by atoms with van der Waals surface area (Å²) in [4.78, 5) is 0. The Bertz CT molecular complexity index is 618. The predicted molar refractivity (Wildman–Crippen MR) is 76.6 cm³/mol. The maximum Gasteiger partial charge on any atom is 0.416 e. The molecule has 0 saturated carbocycles. The molecule has 0 N–H and O–H groups in total. The Balaban J connectivity index is 2.60. The number of hydrogen-bond donors (Lipinski definition) is 0. The average molecular weight is 298 g/mol. The van der Waals surface area contributed by atoms with E-state index in [1.807, 2.05) is 6.92 Å². The number of allylic oxidation sites excluding steroid dienone is 4. The number of hydrogen-bond acceptors (Lipinski definition) is 0. The third kappa shape index (κ3) is 3.04. The standard InChI is InChI=1S/C17H18F4/c1-4-12-9-13(6-8-15(12)18)16-10(2)5-7-14(11(16)3)17(19,20)21/h5,7,9H,4,6,8H2,1-3H3. The largest absolute Gasteiger partial charge is 0.416 e. The summed E-state index contributed by atoms with van der Waals surface area (Å²) in [5.41, 5.74) is 2.41. The minimum absolute atomic E-state index is 0.150. The van der Waals surface area contributed by atoms with Gasteiger partial charge in [0.05, 0.1) is 5.56 Å². The first kappa shape index (κ1) is 15.8. The molecule has 0 fully saturated rings. The molecule has 4 heteroatoms. The molecule has 0 aromatic heterocycles. The zero-order chi connectivity index (χ0) is 15.8. The van der Waals surface area contributed by atoms with Crippen molar-refractivity contribution in [2.45, 2.75) is 46.2 Å². The van der Waals surface area contributed by atoms with E-state index < -0.39 is 11.7 Å². The Morgan fingerprint density at radius 1 is 1.10 bits per heavy atom. The van der Waals surface area contributed by atoms with Crippen LogP contribution in [0.4, 0.5) is 17.6 Å². The summed E-state index contributed by atoms with van der Waals surface area (Å²) in [5.74, 6) is -0.150. The quantitative estimate of drug-likeness (QED) is 0.576. The van der Waals surface area contributed by atoms with Gasteiger partial charge >= 0.3 is 6.18 Å². The number of benzene rings is 1. The second-order valence-electron chi connectivity index (χ2n) is 5.38. The fraction of sp³-hybridized carbons (Fsp3) is 0.412. The molecule has 1 aliphatic rings. The molecule has 0 bridgehead atoms. The van der Waals surface area contributed by atoms with Gasteiger partial charge in [0.25, 0.3) is 0 Å². The lowest BCUT2D eigenvalue weighted by Gasteiger charge is -2.21. The van der Waals surface area contributed by atoms with Gasteiger partial charge in [0.1, 0.15) is 5.83 Å². The van der Waals surface area contributed by atoms with Crippen LogP contribution in [0.2, 0.25) is 0 Å². The lowest BCUT2D eigenvalue weighted by Crippen LogP contribution is -2.10. The molecule has 0 heterocycles. The van der Waals surface area contributed by atoms with Crippen molar-refractivity contribution < 1.29 is 17.6 Å². The fourth-order valence-corrected chi connectivity index (χ4v) is 2.91. The van der Waals surface area contributed by atoms with Crippen molar-refractivity contribution in [3.05, 3.63) is 51.9 Å². The van der Waals surface area contributed by atoms with Crippen LogP contribution in [0.1, 0.15) is 48.4 Å². The molecule has 0 saturated heterocycles. The average Bonchev–Trinajstić information content (AvgIpc) is 2.39. The van der Waals surface area contributed by atoms with Gasteiger partial charge in [0.2, 0.25) is 0 Å². The third-order valence-electron chi connectivity index (χ3n) is 3.99. The Hall–Kier alpha value is -1.58. The Kier molecular flexibility index (Phi) is 4.26. The van der Waals surface area contributed by atoms with Crippen LogP contribution in [0.5, 0.6) is 0 Å². The van der Waals surface area contributed by atoms with Crippen LogP contribution in [-0.2, 0) is 6.18 Å². The van der Waals surface area contributed by atoms with Crippen LogP contribution in [0, 0.1) is 13.8 Å². The molecule has 1 aromatic rings. The van der Waals surface area contributed by atoms with Gasteiger partial charge < -0.3 is 0 Å². The molecule has 21 heavy (non-hydrogen) atoms. The molecule has 0 unspecified atom stereocenters. The Morgan fingerprint density at radius 3 is 2.33 bits per heavy atom. The van der Waals surface area contributed by atoms with E-state index in [0.29, 0.717) is 24.0 Å². The summed E-state index contributed by atoms with van der Waals surface area (Å²) in [5, 5.41) is 0. The van der Waals surface area contributed by atoms with Crippen molar-refractivity contribution >= 4 is 5.57 Å². The van der Waals surface area contributed by atoms with Gasteiger partial charge in [0, 0.05) is 6.42 Å². The van der Waals surface area contributed by atoms with E-state index in [-0.39, 0.29) is 17.8 Å². The van der Waals surface area contributed by atoms with Gasteiger partial charge in [-0.05, 0) is 60.6 Å². The molecular formula is C17H18F4. The highest BCUT2D eigenvalue weighted by molar-refractivity contribution is 5.75. The first-order valence-electron chi connectivity index (χ1n) is 7.01. The summed E-state index contributed by atoms with van der Waals surface area (Å²) >= 11 is 0. The van der Waals surface area contributed by atoms with Gasteiger partial charge in [-0.15, -0.1) is 0 Å². The summed E-state index contributed by atoms with van der Waals surface area (Å²) < 4.78 is 52.8. The first-order valence-corrected chi connectivity index (χ1v) is 7.01. The molecule has 0 radical (unpaired) electrons. The second-order valence-corrected chi connectivity index (χ2v) is 5.38. The maximum atomic E-state index is 13.7.